The van der Waals surface area contributed by atoms with Gasteiger partial charge in [0.2, 0.25) is 5.91 Å². The Bertz CT molecular complexity index is 1030. The minimum absolute atomic E-state index is 0.0647. The molecule has 1 aliphatic rings. The average Bonchev–Trinajstić information content (AvgIpc) is 3.27. The van der Waals surface area contributed by atoms with Gasteiger partial charge < -0.3 is 26.0 Å². The smallest absolute Gasteiger partial charge is 0.240 e. The first-order chi connectivity index (χ1) is 15.0. The normalized spacial score (nSPS) is 16.9. The Hall–Kier alpha value is -2.68. The number of nitrogens with two attached hydrogens (primary N) is 1. The molecule has 8 nitrogen and oxygen atoms in total. The minimum atomic E-state index is -0.954. The first-order valence-corrected chi connectivity index (χ1v) is 10.9. The molecule has 0 unspecified atom stereocenters. The van der Waals surface area contributed by atoms with Gasteiger partial charge in [0.15, 0.2) is 0 Å². The van der Waals surface area contributed by atoms with E-state index in [1.165, 1.54) is 0 Å². The Kier molecular flexibility index (Phi) is 6.41. The number of halogens is 1. The van der Waals surface area contributed by atoms with Crippen LogP contribution in [-0.4, -0.2) is 51.2 Å². The standard InChI is InChI=1S/C22H27ClN6O2/c23-16-5-3-15(4-6-16)18(2-1-13-30)28-21(31)22(24)8-11-29(12-9-22)20-17-7-10-25-19(17)26-14-27-20/h3-7,10,14,18,30H,1-2,8-9,11-13,24H2,(H,28,31)(H,25,26,27)/t18-/m1/s1. The number of nitrogens with one attached hydrogen (secondary N) is 2. The van der Waals surface area contributed by atoms with Gasteiger partial charge >= 0.3 is 0 Å². The number of aliphatic hydroxyl groups is 1. The van der Waals surface area contributed by atoms with Crippen molar-refractivity contribution in [2.75, 3.05) is 24.6 Å². The molecule has 0 radical (unpaired) electrons. The van der Waals surface area contributed by atoms with Gasteiger partial charge in [-0.25, -0.2) is 9.97 Å². The van der Waals surface area contributed by atoms with Crippen molar-refractivity contribution in [2.45, 2.75) is 37.3 Å². The van der Waals surface area contributed by atoms with Crippen LogP contribution < -0.4 is 16.0 Å². The number of piperidine rings is 1. The molecule has 164 valence electrons. The van der Waals surface area contributed by atoms with Gasteiger partial charge in [0, 0.05) is 30.9 Å². The highest BCUT2D eigenvalue weighted by Gasteiger charge is 2.39. The zero-order valence-corrected chi connectivity index (χ0v) is 18.0. The fraction of sp³-hybridized carbons (Fsp3) is 0.409. The van der Waals surface area contributed by atoms with Crippen molar-refractivity contribution >= 4 is 34.4 Å². The van der Waals surface area contributed by atoms with Crippen molar-refractivity contribution in [3.05, 3.63) is 53.4 Å². The number of nitrogens with zero attached hydrogens (tertiary/aromatic N) is 3. The van der Waals surface area contributed by atoms with Gasteiger partial charge in [0.05, 0.1) is 17.0 Å². The summed E-state index contributed by atoms with van der Waals surface area (Å²) in [5.74, 6) is 0.690. The predicted molar refractivity (Wildman–Crippen MR) is 121 cm³/mol. The SMILES string of the molecule is NC1(C(=O)N[C@H](CCCO)c2ccc(Cl)cc2)CCN(c2ncnc3[nH]ccc23)CC1. The number of rotatable bonds is 7. The Morgan fingerprint density at radius 1 is 1.26 bits per heavy atom. The molecule has 0 saturated carbocycles. The molecule has 31 heavy (non-hydrogen) atoms. The summed E-state index contributed by atoms with van der Waals surface area (Å²) in [6, 6.07) is 9.13. The summed E-state index contributed by atoms with van der Waals surface area (Å²) >= 11 is 6.00. The van der Waals surface area contributed by atoms with Crippen molar-refractivity contribution in [3.63, 3.8) is 0 Å². The summed E-state index contributed by atoms with van der Waals surface area (Å²) in [4.78, 5) is 27.1. The van der Waals surface area contributed by atoms with Crippen molar-refractivity contribution in [3.8, 4) is 0 Å². The Labute approximate surface area is 185 Å². The molecule has 1 atom stereocenters. The van der Waals surface area contributed by atoms with E-state index in [9.17, 15) is 9.90 Å². The highest BCUT2D eigenvalue weighted by atomic mass is 35.5. The van der Waals surface area contributed by atoms with Crippen LogP contribution in [0.15, 0.2) is 42.9 Å². The number of H-pyrrole nitrogens is 1. The molecule has 2 aromatic heterocycles. The lowest BCUT2D eigenvalue weighted by atomic mass is 9.86. The highest BCUT2D eigenvalue weighted by molar-refractivity contribution is 6.30. The number of hydrogen-bond acceptors (Lipinski definition) is 6. The van der Waals surface area contributed by atoms with Gasteiger partial charge in [-0.05, 0) is 49.4 Å². The van der Waals surface area contributed by atoms with Crippen LogP contribution in [0.5, 0.6) is 0 Å². The molecule has 1 aliphatic heterocycles. The number of carbonyl (C=O) groups excluding carboxylic acids is 1. The van der Waals surface area contributed by atoms with E-state index < -0.39 is 5.54 Å². The van der Waals surface area contributed by atoms with Crippen molar-refractivity contribution < 1.29 is 9.90 Å². The van der Waals surface area contributed by atoms with E-state index in [0.29, 0.717) is 43.8 Å². The van der Waals surface area contributed by atoms with Gasteiger partial charge in [-0.1, -0.05) is 23.7 Å². The number of amides is 1. The zero-order chi connectivity index (χ0) is 21.8. The second-order valence-corrected chi connectivity index (χ2v) is 8.46. The number of carbonyl (C=O) groups is 1. The summed E-state index contributed by atoms with van der Waals surface area (Å²) in [5, 5.41) is 14.0. The number of aliphatic hydroxyl groups excluding tert-OH is 1. The lowest BCUT2D eigenvalue weighted by molar-refractivity contribution is -0.128. The molecule has 1 fully saturated rings. The largest absolute Gasteiger partial charge is 0.396 e. The van der Waals surface area contributed by atoms with Crippen LogP contribution >= 0.6 is 11.6 Å². The van der Waals surface area contributed by atoms with Crippen molar-refractivity contribution in [1.82, 2.24) is 20.3 Å². The van der Waals surface area contributed by atoms with Gasteiger partial charge in [-0.3, -0.25) is 4.79 Å². The molecule has 4 rings (SSSR count). The van der Waals surface area contributed by atoms with Crippen LogP contribution in [0.1, 0.15) is 37.3 Å². The second-order valence-electron chi connectivity index (χ2n) is 8.02. The first-order valence-electron chi connectivity index (χ1n) is 10.5. The molecule has 3 heterocycles. The predicted octanol–water partition coefficient (Wildman–Crippen LogP) is 2.54. The van der Waals surface area contributed by atoms with E-state index in [1.54, 1.807) is 18.5 Å². The molecule has 1 amide bonds. The quantitative estimate of drug-likeness (QED) is 0.446. The number of fused-ring (bicyclic) bond motifs is 1. The number of aromatic nitrogens is 3. The van der Waals surface area contributed by atoms with E-state index in [1.807, 2.05) is 24.4 Å². The molecule has 0 spiro atoms. The first kappa shape index (κ1) is 21.5. The lowest BCUT2D eigenvalue weighted by Gasteiger charge is -2.39. The third kappa shape index (κ3) is 4.66. The third-order valence-electron chi connectivity index (χ3n) is 5.97. The maximum absolute atomic E-state index is 13.2. The number of benzene rings is 1. The van der Waals surface area contributed by atoms with Gasteiger partial charge in [-0.2, -0.15) is 0 Å². The Morgan fingerprint density at radius 2 is 2.00 bits per heavy atom. The third-order valence-corrected chi connectivity index (χ3v) is 6.22. The Balaban J connectivity index is 1.44. The molecule has 0 aliphatic carbocycles. The summed E-state index contributed by atoms with van der Waals surface area (Å²) in [5.41, 5.74) is 7.35. The van der Waals surface area contributed by atoms with E-state index in [4.69, 9.17) is 17.3 Å². The molecule has 5 N–H and O–H groups in total. The van der Waals surface area contributed by atoms with Crippen LogP contribution in [0.4, 0.5) is 5.82 Å². The average molecular weight is 443 g/mol. The molecule has 9 heteroatoms. The van der Waals surface area contributed by atoms with E-state index in [0.717, 1.165) is 22.4 Å². The van der Waals surface area contributed by atoms with Gasteiger partial charge in [0.1, 0.15) is 17.8 Å². The van der Waals surface area contributed by atoms with E-state index >= 15 is 0 Å². The maximum atomic E-state index is 13.2. The molecule has 0 bridgehead atoms. The van der Waals surface area contributed by atoms with Crippen LogP contribution in [0, 0.1) is 0 Å². The lowest BCUT2D eigenvalue weighted by Crippen LogP contribution is -2.60. The number of anilines is 1. The van der Waals surface area contributed by atoms with Gasteiger partial charge in [-0.15, -0.1) is 0 Å². The molecular formula is C22H27ClN6O2. The summed E-state index contributed by atoms with van der Waals surface area (Å²) in [6.07, 6.45) is 5.63. The van der Waals surface area contributed by atoms with Crippen LogP contribution in [0.3, 0.4) is 0 Å². The summed E-state index contributed by atoms with van der Waals surface area (Å²) in [7, 11) is 0. The molecule has 3 aromatic rings. The topological polar surface area (TPSA) is 120 Å². The monoisotopic (exact) mass is 442 g/mol. The number of aromatic amines is 1. The van der Waals surface area contributed by atoms with Crippen LogP contribution in [0.2, 0.25) is 5.02 Å². The summed E-state index contributed by atoms with van der Waals surface area (Å²) < 4.78 is 0. The van der Waals surface area contributed by atoms with E-state index in [-0.39, 0.29) is 18.6 Å². The van der Waals surface area contributed by atoms with Crippen molar-refractivity contribution in [1.29, 1.82) is 0 Å². The van der Waals surface area contributed by atoms with Crippen LogP contribution in [0.25, 0.3) is 11.0 Å². The Morgan fingerprint density at radius 3 is 2.71 bits per heavy atom. The highest BCUT2D eigenvalue weighted by Crippen LogP contribution is 2.29. The number of hydrogen-bond donors (Lipinski definition) is 4. The van der Waals surface area contributed by atoms with E-state index in [2.05, 4.69) is 25.2 Å². The summed E-state index contributed by atoms with van der Waals surface area (Å²) in [6.45, 7) is 1.32. The minimum Gasteiger partial charge on any atom is -0.396 e. The molecule has 1 aromatic carbocycles. The van der Waals surface area contributed by atoms with Crippen LogP contribution in [-0.2, 0) is 4.79 Å². The van der Waals surface area contributed by atoms with Gasteiger partial charge in [0.25, 0.3) is 0 Å². The molecular weight excluding hydrogens is 416 g/mol. The zero-order valence-electron chi connectivity index (χ0n) is 17.2. The molecule has 1 saturated heterocycles. The van der Waals surface area contributed by atoms with Crippen molar-refractivity contribution in [2.24, 2.45) is 5.73 Å². The second kappa shape index (κ2) is 9.21. The fourth-order valence-corrected chi connectivity index (χ4v) is 4.20. The maximum Gasteiger partial charge on any atom is 0.240 e. The fourth-order valence-electron chi connectivity index (χ4n) is 4.07.